The van der Waals surface area contributed by atoms with E-state index in [2.05, 4.69) is 0 Å². The summed E-state index contributed by atoms with van der Waals surface area (Å²) in [4.78, 5) is 47.9. The number of carbonyl (C=O) groups is 4. The molecule has 1 N–H and O–H groups in total. The Bertz CT molecular complexity index is 938. The molecule has 156 valence electrons. The van der Waals surface area contributed by atoms with E-state index in [1.54, 1.807) is 0 Å². The van der Waals surface area contributed by atoms with Gasteiger partial charge in [0, 0.05) is 0 Å². The van der Waals surface area contributed by atoms with Crippen molar-refractivity contribution in [1.82, 2.24) is 0 Å². The van der Waals surface area contributed by atoms with Gasteiger partial charge in [0.1, 0.15) is 0 Å². The van der Waals surface area contributed by atoms with Gasteiger partial charge in [-0.15, -0.1) is 0 Å². The molecule has 0 saturated heterocycles. The summed E-state index contributed by atoms with van der Waals surface area (Å²) in [5.41, 5.74) is 4.10. The number of ether oxygens (including phenoxy) is 1. The van der Waals surface area contributed by atoms with E-state index in [0.29, 0.717) is 6.42 Å². The molecule has 2 atom stereocenters. The van der Waals surface area contributed by atoms with Crippen molar-refractivity contribution in [3.05, 3.63) is 59.7 Å². The van der Waals surface area contributed by atoms with Crippen molar-refractivity contribution in [2.45, 2.75) is 30.4 Å². The molecule has 0 bridgehead atoms. The number of aliphatic carboxylic acids is 1. The van der Waals surface area contributed by atoms with Crippen LogP contribution >= 0.6 is 0 Å². The summed E-state index contributed by atoms with van der Waals surface area (Å²) in [6.45, 7) is -0.0548. The van der Waals surface area contributed by atoms with Gasteiger partial charge >= 0.3 is 123 Å². The maximum absolute atomic E-state index is 12.5. The van der Waals surface area contributed by atoms with Crippen molar-refractivity contribution in [3.8, 4) is 11.1 Å². The summed E-state index contributed by atoms with van der Waals surface area (Å²) >= 11 is 1.41. The average Bonchev–Trinajstić information content (AvgIpc) is 3.05. The molecule has 30 heavy (non-hydrogen) atoms. The Labute approximate surface area is 183 Å². The third-order valence-electron chi connectivity index (χ3n) is 5.23. The SMILES string of the molecule is O=C(CC[AsH2])CCC(=O)C(C(=O)O)C(=O)OCC1c2ccccc2-c2ccccc21. The first-order valence-electron chi connectivity index (χ1n) is 9.76. The first-order chi connectivity index (χ1) is 14.4. The van der Waals surface area contributed by atoms with Gasteiger partial charge in [0.25, 0.3) is 0 Å². The molecule has 3 rings (SSSR count). The molecular formula is C23H23AsO6. The summed E-state index contributed by atoms with van der Waals surface area (Å²) in [5.74, 6) is -5.67. The number of rotatable bonds is 10. The maximum atomic E-state index is 12.5. The number of carbonyl (C=O) groups excluding carboxylic acids is 3. The number of carboxylic acid groups (broad SMARTS) is 1. The number of ketones is 2. The van der Waals surface area contributed by atoms with Crippen LogP contribution < -0.4 is 0 Å². The van der Waals surface area contributed by atoms with E-state index < -0.39 is 23.6 Å². The summed E-state index contributed by atoms with van der Waals surface area (Å²) in [6.07, 6.45) is 0.0339. The van der Waals surface area contributed by atoms with Gasteiger partial charge in [0.2, 0.25) is 0 Å². The fraction of sp³-hybridized carbons (Fsp3) is 0.304. The van der Waals surface area contributed by atoms with E-state index in [-0.39, 0.29) is 31.1 Å². The molecule has 2 unspecified atom stereocenters. The Hall–Kier alpha value is -2.72. The van der Waals surface area contributed by atoms with Crippen LogP contribution in [-0.2, 0) is 23.9 Å². The Kier molecular flexibility index (Phi) is 7.22. The average molecular weight is 470 g/mol. The Balaban J connectivity index is 1.70. The second-order valence-corrected chi connectivity index (χ2v) is 8.38. The summed E-state index contributed by atoms with van der Waals surface area (Å²) in [5, 5.41) is 10.1. The van der Waals surface area contributed by atoms with Crippen molar-refractivity contribution in [1.29, 1.82) is 0 Å². The van der Waals surface area contributed by atoms with E-state index in [1.165, 1.54) is 16.9 Å². The number of fused-ring (bicyclic) bond motifs is 3. The minimum Gasteiger partial charge on any atom is -0.0619 e. The van der Waals surface area contributed by atoms with Crippen LogP contribution in [0, 0.1) is 5.92 Å². The zero-order valence-electron chi connectivity index (χ0n) is 16.4. The predicted octanol–water partition coefficient (Wildman–Crippen LogP) is 2.40. The van der Waals surface area contributed by atoms with Crippen LogP contribution in [0.15, 0.2) is 48.5 Å². The zero-order valence-corrected chi connectivity index (χ0v) is 18.8. The van der Waals surface area contributed by atoms with Crippen LogP contribution in [0.1, 0.15) is 36.3 Å². The molecule has 2 aromatic rings. The van der Waals surface area contributed by atoms with Crippen LogP contribution in [0.3, 0.4) is 0 Å². The smallest absolute Gasteiger partial charge is 0.0619 e. The molecule has 0 aromatic heterocycles. The van der Waals surface area contributed by atoms with E-state index in [9.17, 15) is 24.3 Å². The first-order valence-corrected chi connectivity index (χ1v) is 11.5. The van der Waals surface area contributed by atoms with Gasteiger partial charge in [-0.3, -0.25) is 0 Å². The minimum absolute atomic E-state index is 0.0524. The molecule has 0 saturated carbocycles. The number of carboxylic acids is 1. The van der Waals surface area contributed by atoms with Crippen LogP contribution in [0.5, 0.6) is 0 Å². The van der Waals surface area contributed by atoms with E-state index in [4.69, 9.17) is 4.74 Å². The fourth-order valence-corrected chi connectivity index (χ4v) is 4.43. The number of hydrogen-bond donors (Lipinski definition) is 1. The molecule has 7 heteroatoms. The third-order valence-corrected chi connectivity index (χ3v) is 5.84. The van der Waals surface area contributed by atoms with E-state index in [0.717, 1.165) is 27.5 Å². The summed E-state index contributed by atoms with van der Waals surface area (Å²) in [6, 6.07) is 15.6. The van der Waals surface area contributed by atoms with Crippen LogP contribution in [0.4, 0.5) is 0 Å². The van der Waals surface area contributed by atoms with Gasteiger partial charge in [-0.1, -0.05) is 48.5 Å². The summed E-state index contributed by atoms with van der Waals surface area (Å²) in [7, 11) is 0. The molecule has 0 fully saturated rings. The van der Waals surface area contributed by atoms with Gasteiger partial charge in [-0.25, -0.2) is 0 Å². The van der Waals surface area contributed by atoms with Crippen molar-refractivity contribution < 1.29 is 29.0 Å². The second kappa shape index (κ2) is 9.85. The van der Waals surface area contributed by atoms with Crippen molar-refractivity contribution in [2.24, 2.45) is 5.92 Å². The number of benzene rings is 2. The first kappa shape index (κ1) is 22.0. The van der Waals surface area contributed by atoms with Gasteiger partial charge < -0.3 is 0 Å². The molecule has 2 aromatic carbocycles. The monoisotopic (exact) mass is 470 g/mol. The molecule has 1 aliphatic carbocycles. The van der Waals surface area contributed by atoms with Crippen LogP contribution in [0.25, 0.3) is 11.1 Å². The van der Waals surface area contributed by atoms with Crippen molar-refractivity contribution in [3.63, 3.8) is 0 Å². The minimum atomic E-state index is -1.91. The molecule has 0 amide bonds. The fourth-order valence-electron chi connectivity index (χ4n) is 3.75. The predicted molar refractivity (Wildman–Crippen MR) is 113 cm³/mol. The Morgan fingerprint density at radius 1 is 0.900 bits per heavy atom. The molecule has 0 radical (unpaired) electrons. The van der Waals surface area contributed by atoms with Gasteiger partial charge in [0.15, 0.2) is 0 Å². The van der Waals surface area contributed by atoms with Crippen molar-refractivity contribution >= 4 is 40.4 Å². The van der Waals surface area contributed by atoms with Crippen LogP contribution in [-0.4, -0.2) is 52.1 Å². The molecule has 0 heterocycles. The molecule has 1 aliphatic rings. The van der Waals surface area contributed by atoms with Gasteiger partial charge in [-0.05, 0) is 11.1 Å². The van der Waals surface area contributed by atoms with E-state index in [1.807, 2.05) is 48.5 Å². The second-order valence-electron chi connectivity index (χ2n) is 7.17. The number of hydrogen-bond acceptors (Lipinski definition) is 5. The normalized spacial score (nSPS) is 13.2. The van der Waals surface area contributed by atoms with Crippen molar-refractivity contribution in [2.75, 3.05) is 6.61 Å². The number of Topliss-reactive ketones (excluding diaryl/α,β-unsaturated/α-hetero) is 2. The molecular weight excluding hydrogens is 447 g/mol. The van der Waals surface area contributed by atoms with Crippen LogP contribution in [0.2, 0.25) is 5.21 Å². The standard InChI is InChI=1S/C23H23AsO6/c24-12-11-14(25)9-10-20(26)21(22(27)28)23(29)30-13-19-17-7-3-1-5-15(17)16-6-2-4-8-18(16)19/h1-8,19,21H,9-13,24H2,(H,27,28). The molecule has 0 aliphatic heterocycles. The number of esters is 1. The third kappa shape index (κ3) is 4.70. The summed E-state index contributed by atoms with van der Waals surface area (Å²) < 4.78 is 5.32. The van der Waals surface area contributed by atoms with E-state index >= 15 is 0 Å². The molecule has 6 nitrogen and oxygen atoms in total. The van der Waals surface area contributed by atoms with Gasteiger partial charge in [0.05, 0.1) is 0 Å². The topological polar surface area (TPSA) is 97.7 Å². The Morgan fingerprint density at radius 3 is 2.00 bits per heavy atom. The zero-order chi connectivity index (χ0) is 21.7. The molecule has 0 spiro atoms. The quantitative estimate of drug-likeness (QED) is 0.326. The Morgan fingerprint density at radius 2 is 1.47 bits per heavy atom. The van der Waals surface area contributed by atoms with Gasteiger partial charge in [-0.2, -0.15) is 0 Å².